The van der Waals surface area contributed by atoms with Crippen LogP contribution in [0.4, 0.5) is 0 Å². The predicted molar refractivity (Wildman–Crippen MR) is 102 cm³/mol. The molecular formula is C20H14BrNO2S. The smallest absolute Gasteiger partial charge is 0.186 e. The first-order valence-electron chi connectivity index (χ1n) is 8.65. The van der Waals surface area contributed by atoms with E-state index in [0.29, 0.717) is 10.9 Å². The zero-order chi connectivity index (χ0) is 16.9. The molecule has 0 N–H and O–H groups in total. The molecule has 0 saturated carbocycles. The molecule has 2 unspecified atom stereocenters. The lowest BCUT2D eigenvalue weighted by Gasteiger charge is -2.43. The first-order valence-corrected chi connectivity index (χ1v) is 10.3. The van der Waals surface area contributed by atoms with E-state index in [2.05, 4.69) is 28.1 Å². The van der Waals surface area contributed by atoms with Gasteiger partial charge in [-0.15, -0.1) is 11.8 Å². The molecule has 3 aliphatic heterocycles. The van der Waals surface area contributed by atoms with Gasteiger partial charge >= 0.3 is 0 Å². The third kappa shape index (κ3) is 1.67. The number of Topliss-reactive ketones (excluding diaryl/α,β-unsaturated/α-hetero) is 2. The number of nitrogens with zero attached hydrogens (tertiary/aromatic N) is 1. The lowest BCUT2D eigenvalue weighted by Crippen LogP contribution is -2.43. The van der Waals surface area contributed by atoms with Crippen molar-refractivity contribution >= 4 is 45.0 Å². The summed E-state index contributed by atoms with van der Waals surface area (Å²) in [4.78, 5) is 30.7. The van der Waals surface area contributed by atoms with Crippen molar-refractivity contribution in [3.63, 3.8) is 0 Å². The Morgan fingerprint density at radius 1 is 1.28 bits per heavy atom. The van der Waals surface area contributed by atoms with Crippen molar-refractivity contribution in [2.45, 2.75) is 35.7 Å². The van der Waals surface area contributed by atoms with Crippen LogP contribution in [0.15, 0.2) is 61.1 Å². The van der Waals surface area contributed by atoms with Crippen LogP contribution in [-0.2, 0) is 9.59 Å². The van der Waals surface area contributed by atoms with Crippen molar-refractivity contribution in [1.29, 1.82) is 0 Å². The molecule has 5 heteroatoms. The molecule has 2 bridgehead atoms. The van der Waals surface area contributed by atoms with Crippen molar-refractivity contribution in [1.82, 2.24) is 0 Å². The number of hydrogen-bond donors (Lipinski definition) is 0. The van der Waals surface area contributed by atoms with E-state index in [1.807, 2.05) is 17.8 Å². The summed E-state index contributed by atoms with van der Waals surface area (Å²) in [6.45, 7) is 0.777. The molecule has 1 spiro atoms. The third-order valence-electron chi connectivity index (χ3n) is 6.10. The molecule has 3 aliphatic carbocycles. The monoisotopic (exact) mass is 411 g/mol. The summed E-state index contributed by atoms with van der Waals surface area (Å²) in [5, 5.41) is 0.278. The average Bonchev–Trinajstić information content (AvgIpc) is 3.13. The summed E-state index contributed by atoms with van der Waals surface area (Å²) in [5.74, 6) is 0.322. The van der Waals surface area contributed by atoms with E-state index in [0.717, 1.165) is 53.8 Å². The average molecular weight is 412 g/mol. The summed E-state index contributed by atoms with van der Waals surface area (Å²) >= 11 is 5.26. The quantitative estimate of drug-likeness (QED) is 0.569. The highest BCUT2D eigenvalue weighted by Crippen LogP contribution is 2.61. The first-order chi connectivity index (χ1) is 12.1. The topological polar surface area (TPSA) is 46.5 Å². The van der Waals surface area contributed by atoms with Gasteiger partial charge in [-0.2, -0.15) is 0 Å². The Labute approximate surface area is 157 Å². The minimum absolute atomic E-state index is 0.116. The van der Waals surface area contributed by atoms with Crippen LogP contribution < -0.4 is 0 Å². The molecule has 0 fully saturated rings. The third-order valence-corrected chi connectivity index (χ3v) is 8.36. The number of fused-ring (bicyclic) bond motifs is 2. The van der Waals surface area contributed by atoms with Crippen LogP contribution >= 0.6 is 27.7 Å². The minimum Gasteiger partial charge on any atom is -0.294 e. The molecule has 6 aliphatic rings. The maximum atomic E-state index is 13.3. The van der Waals surface area contributed by atoms with Crippen molar-refractivity contribution < 1.29 is 9.59 Å². The largest absolute Gasteiger partial charge is 0.294 e. The summed E-state index contributed by atoms with van der Waals surface area (Å²) in [6, 6.07) is 0. The Hall–Kier alpha value is -1.46. The number of rotatable bonds is 0. The Morgan fingerprint density at radius 2 is 2.16 bits per heavy atom. The highest BCUT2D eigenvalue weighted by Gasteiger charge is 2.56. The molecule has 2 atom stereocenters. The Morgan fingerprint density at radius 3 is 3.04 bits per heavy atom. The van der Waals surface area contributed by atoms with Gasteiger partial charge in [0.1, 0.15) is 0 Å². The number of carbonyl (C=O) groups is 2. The number of ketones is 2. The maximum absolute atomic E-state index is 13.3. The highest BCUT2D eigenvalue weighted by molar-refractivity contribution is 9.12. The predicted octanol–water partition coefficient (Wildman–Crippen LogP) is 3.77. The van der Waals surface area contributed by atoms with E-state index in [1.165, 1.54) is 11.1 Å². The number of hydrogen-bond acceptors (Lipinski definition) is 4. The molecule has 3 nitrogen and oxygen atoms in total. The fourth-order valence-corrected chi connectivity index (χ4v) is 7.30. The van der Waals surface area contributed by atoms with Gasteiger partial charge in [-0.25, -0.2) is 0 Å². The number of aliphatic imine (C=N–C) groups is 1. The van der Waals surface area contributed by atoms with Gasteiger partial charge < -0.3 is 0 Å². The number of carbonyl (C=O) groups excluding carboxylic acids is 2. The van der Waals surface area contributed by atoms with E-state index in [9.17, 15) is 9.59 Å². The van der Waals surface area contributed by atoms with Crippen LogP contribution in [0.25, 0.3) is 0 Å². The minimum atomic E-state index is -0.412. The van der Waals surface area contributed by atoms with Gasteiger partial charge in [-0.05, 0) is 52.4 Å². The van der Waals surface area contributed by atoms with Crippen molar-refractivity contribution in [3.05, 3.63) is 56.1 Å². The Kier molecular flexibility index (Phi) is 2.72. The molecular weight excluding hydrogens is 398 g/mol. The van der Waals surface area contributed by atoms with E-state index in [4.69, 9.17) is 4.99 Å². The summed E-state index contributed by atoms with van der Waals surface area (Å²) in [5.41, 5.74) is 7.48. The lowest BCUT2D eigenvalue weighted by atomic mass is 9.71. The van der Waals surface area contributed by atoms with Crippen molar-refractivity contribution in [2.24, 2.45) is 4.99 Å². The van der Waals surface area contributed by atoms with Gasteiger partial charge in [0.2, 0.25) is 0 Å². The molecule has 0 amide bonds. The van der Waals surface area contributed by atoms with Crippen LogP contribution in [0.2, 0.25) is 0 Å². The molecule has 124 valence electrons. The second-order valence-corrected chi connectivity index (χ2v) is 9.74. The Bertz CT molecular complexity index is 1010. The summed E-state index contributed by atoms with van der Waals surface area (Å²) in [6.07, 6.45) is 9.28. The van der Waals surface area contributed by atoms with E-state index < -0.39 is 4.75 Å². The molecule has 0 aromatic heterocycles. The molecule has 0 aromatic carbocycles. The molecule has 0 saturated heterocycles. The fourth-order valence-electron chi connectivity index (χ4n) is 5.12. The van der Waals surface area contributed by atoms with Crippen molar-refractivity contribution in [2.75, 3.05) is 6.54 Å². The molecule has 0 aromatic rings. The van der Waals surface area contributed by atoms with Gasteiger partial charge in [0.15, 0.2) is 11.6 Å². The van der Waals surface area contributed by atoms with Crippen molar-refractivity contribution in [3.8, 4) is 0 Å². The fraction of sp³-hybridized carbons (Fsp3) is 0.350. The highest BCUT2D eigenvalue weighted by atomic mass is 79.9. The molecule has 3 heterocycles. The van der Waals surface area contributed by atoms with Gasteiger partial charge in [0.05, 0.1) is 14.9 Å². The number of allylic oxidation sites excluding steroid dienone is 6. The molecule has 0 radical (unpaired) electrons. The van der Waals surface area contributed by atoms with Crippen LogP contribution in [-0.4, -0.2) is 33.8 Å². The van der Waals surface area contributed by atoms with Gasteiger partial charge in [0.25, 0.3) is 0 Å². The van der Waals surface area contributed by atoms with Crippen LogP contribution in [0.5, 0.6) is 0 Å². The Balaban J connectivity index is 1.64. The second-order valence-electron chi connectivity index (χ2n) is 7.35. The van der Waals surface area contributed by atoms with Gasteiger partial charge in [-0.1, -0.05) is 12.2 Å². The normalized spacial score (nSPS) is 35.0. The molecule has 6 rings (SSSR count). The first kappa shape index (κ1) is 14.7. The zero-order valence-corrected chi connectivity index (χ0v) is 15.8. The lowest BCUT2D eigenvalue weighted by molar-refractivity contribution is -0.115. The second kappa shape index (κ2) is 4.63. The van der Waals surface area contributed by atoms with Crippen LogP contribution in [0, 0.1) is 0 Å². The maximum Gasteiger partial charge on any atom is 0.186 e. The van der Waals surface area contributed by atoms with E-state index >= 15 is 0 Å². The summed E-state index contributed by atoms with van der Waals surface area (Å²) < 4.78 is 0.235. The van der Waals surface area contributed by atoms with Gasteiger partial charge in [-0.3, -0.25) is 14.6 Å². The SMILES string of the molecule is O=C1CC23SC(C=C2C=C1Br)CC1=C3C2=NCCC3=CCC(=C32)C1=O. The zero-order valence-electron chi connectivity index (χ0n) is 13.4. The standard InChI is InChI=1S/C20H14BrNO2S/c21-14-6-10-5-11-7-13-17(20(10,25-11)8-15(14)23)18-16-9(3-4-22-18)1-2-12(16)19(13)24/h1,5-6,11H,2-4,7-8H2. The summed E-state index contributed by atoms with van der Waals surface area (Å²) in [7, 11) is 0. The van der Waals surface area contributed by atoms with Crippen LogP contribution in [0.1, 0.15) is 25.7 Å². The number of halogens is 1. The van der Waals surface area contributed by atoms with E-state index in [1.54, 1.807) is 0 Å². The van der Waals surface area contributed by atoms with Crippen LogP contribution in [0.3, 0.4) is 0 Å². The van der Waals surface area contributed by atoms with Gasteiger partial charge in [0, 0.05) is 40.5 Å². The molecule has 25 heavy (non-hydrogen) atoms. The van der Waals surface area contributed by atoms with E-state index in [-0.39, 0.29) is 16.8 Å². The number of thioether (sulfide) groups is 1.